The minimum Gasteiger partial charge on any atom is -0.497 e. The number of hydrogen-bond donors (Lipinski definition) is 3. The van der Waals surface area contributed by atoms with E-state index >= 15 is 0 Å². The van der Waals surface area contributed by atoms with Crippen molar-refractivity contribution in [2.75, 3.05) is 12.4 Å². The fourth-order valence-electron chi connectivity index (χ4n) is 3.00. The molecule has 4 aromatic rings. The van der Waals surface area contributed by atoms with Crippen molar-refractivity contribution in [3.8, 4) is 5.75 Å². The summed E-state index contributed by atoms with van der Waals surface area (Å²) in [6.45, 7) is 0.397. The first-order valence-electron chi connectivity index (χ1n) is 9.28. The molecule has 2 amide bonds. The van der Waals surface area contributed by atoms with Crippen molar-refractivity contribution >= 4 is 28.4 Å². The van der Waals surface area contributed by atoms with Crippen LogP contribution in [-0.2, 0) is 17.9 Å². The summed E-state index contributed by atoms with van der Waals surface area (Å²) in [5, 5.41) is 10.7. The number of H-pyrrole nitrogens is 1. The lowest BCUT2D eigenvalue weighted by Crippen LogP contribution is -2.27. The number of methoxy groups -OCH3 is 1. The predicted octanol–water partition coefficient (Wildman–Crippen LogP) is 2.34. The van der Waals surface area contributed by atoms with Gasteiger partial charge in [0.1, 0.15) is 18.0 Å². The minimum absolute atomic E-state index is 0.0352. The first-order chi connectivity index (χ1) is 14.6. The van der Waals surface area contributed by atoms with Crippen molar-refractivity contribution in [2.45, 2.75) is 13.1 Å². The Kier molecular flexibility index (Phi) is 5.42. The Balaban J connectivity index is 1.31. The highest BCUT2D eigenvalue weighted by Crippen LogP contribution is 2.21. The average Bonchev–Trinajstić information content (AvgIpc) is 3.38. The molecule has 0 fully saturated rings. The van der Waals surface area contributed by atoms with Crippen molar-refractivity contribution in [1.29, 1.82) is 0 Å². The Bertz CT molecular complexity index is 1180. The highest BCUT2D eigenvalue weighted by molar-refractivity contribution is 6.02. The zero-order valence-corrected chi connectivity index (χ0v) is 16.3. The Morgan fingerprint density at radius 2 is 2.10 bits per heavy atom. The van der Waals surface area contributed by atoms with Crippen LogP contribution in [-0.4, -0.2) is 38.7 Å². The molecule has 0 aliphatic heterocycles. The molecule has 152 valence electrons. The molecule has 3 heterocycles. The molecule has 3 N–H and O–H groups in total. The fraction of sp³-hybridized carbons (Fsp3) is 0.143. The molecule has 0 saturated carbocycles. The van der Waals surface area contributed by atoms with E-state index in [9.17, 15) is 9.59 Å². The molecule has 4 rings (SSSR count). The first kappa shape index (κ1) is 19.2. The van der Waals surface area contributed by atoms with Gasteiger partial charge in [-0.15, -0.1) is 0 Å². The zero-order chi connectivity index (χ0) is 20.9. The Morgan fingerprint density at radius 1 is 1.20 bits per heavy atom. The van der Waals surface area contributed by atoms with E-state index in [1.807, 2.05) is 24.3 Å². The van der Waals surface area contributed by atoms with Crippen molar-refractivity contribution in [3.63, 3.8) is 0 Å². The maximum Gasteiger partial charge on any atom is 0.274 e. The molecule has 0 spiro atoms. The normalized spacial score (nSPS) is 10.7. The lowest BCUT2D eigenvalue weighted by Gasteiger charge is -2.04. The van der Waals surface area contributed by atoms with Gasteiger partial charge in [-0.3, -0.25) is 19.3 Å². The molecule has 0 aliphatic rings. The lowest BCUT2D eigenvalue weighted by atomic mass is 10.2. The summed E-state index contributed by atoms with van der Waals surface area (Å²) < 4.78 is 6.68. The fourth-order valence-corrected chi connectivity index (χ4v) is 3.00. The number of aromatic amines is 1. The molecule has 0 aliphatic carbocycles. The summed E-state index contributed by atoms with van der Waals surface area (Å²) in [5.41, 5.74) is 2.65. The maximum atomic E-state index is 12.3. The monoisotopic (exact) mass is 404 g/mol. The van der Waals surface area contributed by atoms with Crippen LogP contribution in [0.1, 0.15) is 16.2 Å². The zero-order valence-electron chi connectivity index (χ0n) is 16.3. The molecule has 0 bridgehead atoms. The van der Waals surface area contributed by atoms with Gasteiger partial charge in [0.25, 0.3) is 5.91 Å². The molecule has 30 heavy (non-hydrogen) atoms. The molecule has 9 heteroatoms. The largest absolute Gasteiger partial charge is 0.497 e. The second kappa shape index (κ2) is 8.48. The van der Waals surface area contributed by atoms with Crippen molar-refractivity contribution in [3.05, 3.63) is 72.4 Å². The molecule has 0 unspecified atom stereocenters. The molecule has 1 aromatic carbocycles. The minimum atomic E-state index is -0.338. The van der Waals surface area contributed by atoms with Gasteiger partial charge in [-0.05, 0) is 36.4 Å². The molecule has 3 aromatic heterocycles. The van der Waals surface area contributed by atoms with E-state index in [-0.39, 0.29) is 18.4 Å². The number of benzene rings is 1. The molecule has 0 saturated heterocycles. The van der Waals surface area contributed by atoms with Gasteiger partial charge in [0, 0.05) is 29.0 Å². The van der Waals surface area contributed by atoms with E-state index in [1.165, 1.54) is 10.9 Å². The number of hydrogen-bond acceptors (Lipinski definition) is 5. The molecular formula is C21H20N6O3. The number of rotatable bonds is 7. The van der Waals surface area contributed by atoms with Gasteiger partial charge in [0.05, 0.1) is 25.5 Å². The number of anilines is 1. The summed E-state index contributed by atoms with van der Waals surface area (Å²) in [4.78, 5) is 31.6. The predicted molar refractivity (Wildman–Crippen MR) is 111 cm³/mol. The summed E-state index contributed by atoms with van der Waals surface area (Å²) in [7, 11) is 1.62. The number of aromatic nitrogens is 4. The first-order valence-corrected chi connectivity index (χ1v) is 9.28. The van der Waals surface area contributed by atoms with Gasteiger partial charge < -0.3 is 20.4 Å². The van der Waals surface area contributed by atoms with Crippen LogP contribution in [0.3, 0.4) is 0 Å². The highest BCUT2D eigenvalue weighted by atomic mass is 16.5. The van der Waals surface area contributed by atoms with E-state index in [0.29, 0.717) is 17.9 Å². The topological polar surface area (TPSA) is 114 Å². The summed E-state index contributed by atoms with van der Waals surface area (Å²) >= 11 is 0. The molecular weight excluding hydrogens is 384 g/mol. The number of fused-ring (bicyclic) bond motifs is 1. The number of nitrogens with one attached hydrogen (secondary N) is 3. The summed E-state index contributed by atoms with van der Waals surface area (Å²) in [5.74, 6) is 0.244. The number of carbonyl (C=O) groups is 2. The molecule has 0 atom stereocenters. The van der Waals surface area contributed by atoms with Crippen LogP contribution in [0.2, 0.25) is 0 Å². The average molecular weight is 404 g/mol. The van der Waals surface area contributed by atoms with Crippen LogP contribution in [0.5, 0.6) is 5.75 Å². The van der Waals surface area contributed by atoms with E-state index in [0.717, 1.165) is 22.3 Å². The Morgan fingerprint density at radius 3 is 2.90 bits per heavy atom. The number of carbonyl (C=O) groups excluding carboxylic acids is 2. The standard InChI is InChI=1S/C21H20N6O3/c1-30-17-5-6-18-14(9-17)8-15(25-18)10-23-20(28)13-27-12-16(11-24-27)26-21(29)19-4-2-3-7-22-19/h2-9,11-12,25H,10,13H2,1H3,(H,23,28)(H,26,29). The summed E-state index contributed by atoms with van der Waals surface area (Å²) in [6, 6.07) is 12.8. The smallest absolute Gasteiger partial charge is 0.274 e. The second-order valence-electron chi connectivity index (χ2n) is 6.62. The van der Waals surface area contributed by atoms with E-state index < -0.39 is 0 Å². The SMILES string of the molecule is COc1ccc2[nH]c(CNC(=O)Cn3cc(NC(=O)c4ccccn4)cn3)cc2c1. The van der Waals surface area contributed by atoms with Crippen LogP contribution >= 0.6 is 0 Å². The van der Waals surface area contributed by atoms with Gasteiger partial charge in [-0.2, -0.15) is 5.10 Å². The van der Waals surface area contributed by atoms with Gasteiger partial charge in [-0.25, -0.2) is 0 Å². The van der Waals surface area contributed by atoms with Crippen molar-refractivity contribution in [1.82, 2.24) is 25.1 Å². The Labute approximate surface area is 172 Å². The number of amides is 2. The molecule has 9 nitrogen and oxygen atoms in total. The number of pyridine rings is 1. The van der Waals surface area contributed by atoms with E-state index in [4.69, 9.17) is 4.74 Å². The number of nitrogens with zero attached hydrogens (tertiary/aromatic N) is 3. The third-order valence-corrected chi connectivity index (χ3v) is 4.45. The van der Waals surface area contributed by atoms with Gasteiger partial charge >= 0.3 is 0 Å². The van der Waals surface area contributed by atoms with E-state index in [2.05, 4.69) is 25.7 Å². The van der Waals surface area contributed by atoms with Gasteiger partial charge in [0.15, 0.2) is 0 Å². The highest BCUT2D eigenvalue weighted by Gasteiger charge is 2.10. The van der Waals surface area contributed by atoms with Crippen LogP contribution in [0.4, 0.5) is 5.69 Å². The molecule has 0 radical (unpaired) electrons. The van der Waals surface area contributed by atoms with Crippen LogP contribution < -0.4 is 15.4 Å². The van der Waals surface area contributed by atoms with Crippen molar-refractivity contribution < 1.29 is 14.3 Å². The maximum absolute atomic E-state index is 12.3. The quantitative estimate of drug-likeness (QED) is 0.437. The van der Waals surface area contributed by atoms with E-state index in [1.54, 1.807) is 37.7 Å². The van der Waals surface area contributed by atoms with Crippen molar-refractivity contribution in [2.24, 2.45) is 0 Å². The van der Waals surface area contributed by atoms with Gasteiger partial charge in [-0.1, -0.05) is 6.07 Å². The Hall–Kier alpha value is -4.14. The third-order valence-electron chi connectivity index (χ3n) is 4.45. The number of ether oxygens (including phenoxy) is 1. The second-order valence-corrected chi connectivity index (χ2v) is 6.62. The summed E-state index contributed by atoms with van der Waals surface area (Å²) in [6.07, 6.45) is 4.63. The third kappa shape index (κ3) is 4.46. The van der Waals surface area contributed by atoms with Crippen LogP contribution in [0.25, 0.3) is 10.9 Å². The lowest BCUT2D eigenvalue weighted by molar-refractivity contribution is -0.122. The van der Waals surface area contributed by atoms with Gasteiger partial charge in [0.2, 0.25) is 5.91 Å². The van der Waals surface area contributed by atoms with Crippen LogP contribution in [0, 0.1) is 0 Å². The van der Waals surface area contributed by atoms with Crippen LogP contribution in [0.15, 0.2) is 61.1 Å².